The van der Waals surface area contributed by atoms with Gasteiger partial charge in [0.25, 0.3) is 0 Å². The van der Waals surface area contributed by atoms with Crippen LogP contribution in [0.2, 0.25) is 0 Å². The normalized spacial score (nSPS) is 10.5. The Balaban J connectivity index is 2.25. The van der Waals surface area contributed by atoms with Crippen molar-refractivity contribution in [2.24, 2.45) is 0 Å². The molecule has 0 amide bonds. The molecule has 2 rings (SSSR count). The zero-order valence-electron chi connectivity index (χ0n) is 16.4. The number of Topliss-reactive ketones (excluding diaryl/α,β-unsaturated/α-hetero) is 1. The molecule has 0 N–H and O–H groups in total. The average molecular weight is 354 g/mol. The molecule has 0 heterocycles. The van der Waals surface area contributed by atoms with E-state index in [2.05, 4.69) is 12.1 Å². The summed E-state index contributed by atoms with van der Waals surface area (Å²) in [6.45, 7) is 9.30. The standard InChI is InChI=1S/C22H26O4/c1-13-7-18(8-14(2)21(13)25-6)12-19-9-15(3)22(16(4)10-19)26-20(24)11-17(5)23/h7-10H,11-12H2,1-6H3. The van der Waals surface area contributed by atoms with Gasteiger partial charge in [-0.3, -0.25) is 9.59 Å². The van der Waals surface area contributed by atoms with Gasteiger partial charge in [-0.2, -0.15) is 0 Å². The van der Waals surface area contributed by atoms with E-state index in [1.54, 1.807) is 7.11 Å². The second kappa shape index (κ2) is 8.17. The third kappa shape index (κ3) is 4.72. The minimum atomic E-state index is -0.516. The first-order valence-corrected chi connectivity index (χ1v) is 8.65. The van der Waals surface area contributed by atoms with Gasteiger partial charge in [0.1, 0.15) is 23.7 Å². The van der Waals surface area contributed by atoms with Crippen LogP contribution >= 0.6 is 0 Å². The molecule has 2 aromatic carbocycles. The lowest BCUT2D eigenvalue weighted by molar-refractivity contribution is -0.137. The Hall–Kier alpha value is -2.62. The van der Waals surface area contributed by atoms with Crippen LogP contribution in [0.5, 0.6) is 11.5 Å². The van der Waals surface area contributed by atoms with Crippen LogP contribution in [0.4, 0.5) is 0 Å². The predicted molar refractivity (Wildman–Crippen MR) is 102 cm³/mol. The van der Waals surface area contributed by atoms with E-state index in [1.807, 2.05) is 39.8 Å². The molecule has 2 aromatic rings. The molecule has 0 aliphatic rings. The van der Waals surface area contributed by atoms with Crippen LogP contribution < -0.4 is 9.47 Å². The quantitative estimate of drug-likeness (QED) is 0.438. The van der Waals surface area contributed by atoms with Crippen molar-refractivity contribution in [1.82, 2.24) is 0 Å². The summed E-state index contributed by atoms with van der Waals surface area (Å²) >= 11 is 0. The molecular formula is C22H26O4. The Morgan fingerprint density at radius 2 is 1.23 bits per heavy atom. The number of ether oxygens (including phenoxy) is 2. The Morgan fingerprint density at radius 1 is 0.808 bits per heavy atom. The SMILES string of the molecule is COc1c(C)cc(Cc2cc(C)c(OC(=O)CC(C)=O)c(C)c2)cc1C. The molecule has 138 valence electrons. The number of esters is 1. The van der Waals surface area contributed by atoms with Crippen LogP contribution in [0.1, 0.15) is 46.7 Å². The third-order valence-corrected chi connectivity index (χ3v) is 4.26. The maximum Gasteiger partial charge on any atom is 0.318 e. The van der Waals surface area contributed by atoms with Gasteiger partial charge in [-0.25, -0.2) is 0 Å². The molecule has 0 aliphatic carbocycles. The first-order chi connectivity index (χ1) is 12.2. The summed E-state index contributed by atoms with van der Waals surface area (Å²) < 4.78 is 10.8. The van der Waals surface area contributed by atoms with Gasteiger partial charge in [-0.15, -0.1) is 0 Å². The van der Waals surface area contributed by atoms with E-state index >= 15 is 0 Å². The highest BCUT2D eigenvalue weighted by atomic mass is 16.5. The van der Waals surface area contributed by atoms with E-state index in [-0.39, 0.29) is 12.2 Å². The van der Waals surface area contributed by atoms with Crippen LogP contribution in [0, 0.1) is 27.7 Å². The largest absolute Gasteiger partial charge is 0.496 e. The maximum atomic E-state index is 11.8. The van der Waals surface area contributed by atoms with Crippen LogP contribution in [0.25, 0.3) is 0 Å². The number of ketones is 1. The zero-order valence-corrected chi connectivity index (χ0v) is 16.4. The molecule has 26 heavy (non-hydrogen) atoms. The summed E-state index contributed by atoms with van der Waals surface area (Å²) in [5.41, 5.74) is 6.37. The van der Waals surface area contributed by atoms with Gasteiger partial charge >= 0.3 is 5.97 Å². The summed E-state index contributed by atoms with van der Waals surface area (Å²) in [7, 11) is 1.69. The number of rotatable bonds is 6. The van der Waals surface area contributed by atoms with Gasteiger partial charge in [-0.05, 0) is 74.4 Å². The molecule has 0 bridgehead atoms. The van der Waals surface area contributed by atoms with Crippen molar-refractivity contribution in [2.45, 2.75) is 47.5 Å². The van der Waals surface area contributed by atoms with Crippen LogP contribution in [0.3, 0.4) is 0 Å². The van der Waals surface area contributed by atoms with Crippen molar-refractivity contribution in [3.8, 4) is 11.5 Å². The summed E-state index contributed by atoms with van der Waals surface area (Å²) in [6, 6.07) is 8.32. The number of hydrogen-bond donors (Lipinski definition) is 0. The molecule has 0 aliphatic heterocycles. The van der Waals surface area contributed by atoms with E-state index in [1.165, 1.54) is 12.5 Å². The van der Waals surface area contributed by atoms with Crippen molar-refractivity contribution < 1.29 is 19.1 Å². The first-order valence-electron chi connectivity index (χ1n) is 8.65. The van der Waals surface area contributed by atoms with Gasteiger partial charge < -0.3 is 9.47 Å². The van der Waals surface area contributed by atoms with Crippen molar-refractivity contribution in [3.05, 3.63) is 57.6 Å². The number of carbonyl (C=O) groups is 2. The molecule has 4 heteroatoms. The molecular weight excluding hydrogens is 328 g/mol. The Labute approximate surface area is 155 Å². The lowest BCUT2D eigenvalue weighted by Gasteiger charge is -2.14. The summed E-state index contributed by atoms with van der Waals surface area (Å²) in [5, 5.41) is 0. The van der Waals surface area contributed by atoms with Gasteiger partial charge in [0.15, 0.2) is 0 Å². The van der Waals surface area contributed by atoms with Gasteiger partial charge in [0.05, 0.1) is 7.11 Å². The number of hydrogen-bond acceptors (Lipinski definition) is 4. The fraction of sp³-hybridized carbons (Fsp3) is 0.364. The molecule has 0 fully saturated rings. The van der Waals surface area contributed by atoms with Gasteiger partial charge in [-0.1, -0.05) is 24.3 Å². The molecule has 0 saturated heterocycles. The molecule has 0 spiro atoms. The fourth-order valence-electron chi connectivity index (χ4n) is 3.36. The van der Waals surface area contributed by atoms with E-state index in [0.717, 1.165) is 40.0 Å². The second-order valence-corrected chi connectivity index (χ2v) is 6.85. The topological polar surface area (TPSA) is 52.6 Å². The summed E-state index contributed by atoms with van der Waals surface area (Å²) in [5.74, 6) is 0.751. The Morgan fingerprint density at radius 3 is 1.62 bits per heavy atom. The highest BCUT2D eigenvalue weighted by molar-refractivity contribution is 5.95. The van der Waals surface area contributed by atoms with Crippen molar-refractivity contribution in [1.29, 1.82) is 0 Å². The Kier molecular flexibility index (Phi) is 6.19. The highest BCUT2D eigenvalue weighted by Gasteiger charge is 2.14. The predicted octanol–water partition coefficient (Wildman–Crippen LogP) is 4.40. The molecule has 0 aromatic heterocycles. The fourth-order valence-corrected chi connectivity index (χ4v) is 3.36. The third-order valence-electron chi connectivity index (χ3n) is 4.26. The van der Waals surface area contributed by atoms with E-state index in [4.69, 9.17) is 9.47 Å². The lowest BCUT2D eigenvalue weighted by atomic mass is 9.97. The van der Waals surface area contributed by atoms with Gasteiger partial charge in [0.2, 0.25) is 0 Å². The molecule has 0 radical (unpaired) electrons. The van der Waals surface area contributed by atoms with E-state index in [9.17, 15) is 9.59 Å². The van der Waals surface area contributed by atoms with E-state index in [0.29, 0.717) is 5.75 Å². The van der Waals surface area contributed by atoms with Crippen molar-refractivity contribution in [3.63, 3.8) is 0 Å². The summed E-state index contributed by atoms with van der Waals surface area (Å²) in [6.07, 6.45) is 0.583. The maximum absolute atomic E-state index is 11.8. The monoisotopic (exact) mass is 354 g/mol. The lowest BCUT2D eigenvalue weighted by Crippen LogP contribution is -2.13. The molecule has 0 atom stereocenters. The highest BCUT2D eigenvalue weighted by Crippen LogP contribution is 2.29. The smallest absolute Gasteiger partial charge is 0.318 e. The molecule has 0 saturated carbocycles. The van der Waals surface area contributed by atoms with Crippen LogP contribution in [0.15, 0.2) is 24.3 Å². The first kappa shape index (κ1) is 19.7. The summed E-state index contributed by atoms with van der Waals surface area (Å²) in [4.78, 5) is 22.8. The number of methoxy groups -OCH3 is 1. The van der Waals surface area contributed by atoms with Gasteiger partial charge in [0, 0.05) is 0 Å². The van der Waals surface area contributed by atoms with E-state index < -0.39 is 5.97 Å². The van der Waals surface area contributed by atoms with Crippen molar-refractivity contribution in [2.75, 3.05) is 7.11 Å². The molecule has 4 nitrogen and oxygen atoms in total. The van der Waals surface area contributed by atoms with Crippen LogP contribution in [-0.4, -0.2) is 18.9 Å². The minimum absolute atomic E-state index is 0.202. The molecule has 0 unspecified atom stereocenters. The number of benzene rings is 2. The zero-order chi connectivity index (χ0) is 19.4. The minimum Gasteiger partial charge on any atom is -0.496 e. The van der Waals surface area contributed by atoms with Crippen molar-refractivity contribution >= 4 is 11.8 Å². The number of aryl methyl sites for hydroxylation is 4. The second-order valence-electron chi connectivity index (χ2n) is 6.85. The average Bonchev–Trinajstić information content (AvgIpc) is 2.50. The number of carbonyl (C=O) groups excluding carboxylic acids is 2. The Bertz CT molecular complexity index is 803. The van der Waals surface area contributed by atoms with Crippen LogP contribution in [-0.2, 0) is 16.0 Å².